The van der Waals surface area contributed by atoms with Crippen LogP contribution in [-0.4, -0.2) is 26.6 Å². The van der Waals surface area contributed by atoms with Gasteiger partial charge in [0.1, 0.15) is 5.65 Å². The molecule has 5 nitrogen and oxygen atoms in total. The van der Waals surface area contributed by atoms with Gasteiger partial charge in [0.2, 0.25) is 5.88 Å². The molecule has 0 atom stereocenters. The molecule has 0 saturated carbocycles. The fourth-order valence-electron chi connectivity index (χ4n) is 2.63. The van der Waals surface area contributed by atoms with Crippen molar-refractivity contribution in [2.75, 3.05) is 7.11 Å². The van der Waals surface area contributed by atoms with Gasteiger partial charge in [-0.05, 0) is 23.8 Å². The second-order valence-electron chi connectivity index (χ2n) is 5.01. The summed E-state index contributed by atoms with van der Waals surface area (Å²) in [6, 6.07) is 10.2. The van der Waals surface area contributed by atoms with Crippen LogP contribution in [0, 0.1) is 0 Å². The van der Waals surface area contributed by atoms with Crippen molar-refractivity contribution < 1.29 is 4.74 Å². The summed E-state index contributed by atoms with van der Waals surface area (Å²) in [7, 11) is 3.62. The van der Waals surface area contributed by atoms with E-state index in [9.17, 15) is 0 Å². The highest BCUT2D eigenvalue weighted by Gasteiger charge is 2.10. The maximum Gasteiger partial charge on any atom is 0.214 e. The quantitative estimate of drug-likeness (QED) is 0.613. The number of aromatic amines is 1. The number of H-pyrrole nitrogens is 1. The Labute approximate surface area is 121 Å². The number of hydrogen-bond acceptors (Lipinski definition) is 3. The Hall–Kier alpha value is -2.82. The topological polar surface area (TPSA) is 55.7 Å². The number of imidazole rings is 1. The lowest BCUT2D eigenvalue weighted by molar-refractivity contribution is 0.399. The van der Waals surface area contributed by atoms with Crippen LogP contribution in [0.5, 0.6) is 5.88 Å². The van der Waals surface area contributed by atoms with Gasteiger partial charge in [-0.15, -0.1) is 0 Å². The first-order valence-electron chi connectivity index (χ1n) is 6.70. The van der Waals surface area contributed by atoms with Crippen molar-refractivity contribution >= 4 is 22.1 Å². The Morgan fingerprint density at radius 3 is 2.95 bits per heavy atom. The molecule has 0 amide bonds. The van der Waals surface area contributed by atoms with Gasteiger partial charge in [0.15, 0.2) is 0 Å². The first kappa shape index (κ1) is 12.0. The number of pyridine rings is 1. The summed E-state index contributed by atoms with van der Waals surface area (Å²) in [5.41, 5.74) is 5.21. The number of nitrogens with zero attached hydrogens (tertiary/aromatic N) is 3. The molecule has 5 heteroatoms. The molecule has 4 aromatic rings. The van der Waals surface area contributed by atoms with Gasteiger partial charge in [0, 0.05) is 30.3 Å². The van der Waals surface area contributed by atoms with Gasteiger partial charge in [-0.3, -0.25) is 0 Å². The van der Waals surface area contributed by atoms with Crippen LogP contribution in [0.3, 0.4) is 0 Å². The van der Waals surface area contributed by atoms with Gasteiger partial charge in [-0.1, -0.05) is 6.07 Å². The zero-order chi connectivity index (χ0) is 14.4. The van der Waals surface area contributed by atoms with E-state index in [2.05, 4.69) is 27.1 Å². The van der Waals surface area contributed by atoms with Crippen molar-refractivity contribution in [2.24, 2.45) is 7.05 Å². The predicted molar refractivity (Wildman–Crippen MR) is 82.4 cm³/mol. The highest BCUT2D eigenvalue weighted by Crippen LogP contribution is 2.30. The van der Waals surface area contributed by atoms with Crippen LogP contribution in [0.1, 0.15) is 0 Å². The van der Waals surface area contributed by atoms with E-state index in [1.807, 2.05) is 42.3 Å². The van der Waals surface area contributed by atoms with E-state index in [1.54, 1.807) is 7.11 Å². The number of nitrogens with one attached hydrogen (secondary N) is 1. The summed E-state index contributed by atoms with van der Waals surface area (Å²) in [6.45, 7) is 0. The average Bonchev–Trinajstić information content (AvgIpc) is 3.10. The second-order valence-corrected chi connectivity index (χ2v) is 5.01. The lowest BCUT2D eigenvalue weighted by Crippen LogP contribution is -1.87. The number of aryl methyl sites for hydroxylation is 1. The number of aromatic nitrogens is 4. The van der Waals surface area contributed by atoms with E-state index in [0.717, 1.165) is 33.2 Å². The summed E-state index contributed by atoms with van der Waals surface area (Å²) in [6.07, 6.45) is 3.81. The smallest absolute Gasteiger partial charge is 0.214 e. The van der Waals surface area contributed by atoms with Crippen molar-refractivity contribution in [1.29, 1.82) is 0 Å². The number of benzene rings is 1. The lowest BCUT2D eigenvalue weighted by Gasteiger charge is -2.02. The zero-order valence-corrected chi connectivity index (χ0v) is 11.8. The lowest BCUT2D eigenvalue weighted by atomic mass is 10.1. The molecular weight excluding hydrogens is 264 g/mol. The Bertz CT molecular complexity index is 951. The Morgan fingerprint density at radius 1 is 1.19 bits per heavy atom. The van der Waals surface area contributed by atoms with Crippen LogP contribution >= 0.6 is 0 Å². The number of ether oxygens (including phenoxy) is 1. The van der Waals surface area contributed by atoms with E-state index in [4.69, 9.17) is 4.74 Å². The van der Waals surface area contributed by atoms with E-state index >= 15 is 0 Å². The van der Waals surface area contributed by atoms with E-state index in [1.165, 1.54) is 0 Å². The average molecular weight is 278 g/mol. The van der Waals surface area contributed by atoms with Crippen LogP contribution in [0.15, 0.2) is 42.9 Å². The molecule has 4 rings (SSSR count). The van der Waals surface area contributed by atoms with Crippen LogP contribution < -0.4 is 4.74 Å². The minimum absolute atomic E-state index is 0.609. The Balaban J connectivity index is 1.93. The first-order chi connectivity index (χ1) is 10.3. The van der Waals surface area contributed by atoms with E-state index < -0.39 is 0 Å². The molecule has 3 aromatic heterocycles. The SMILES string of the molecule is COc1ccc2c(-c3ccc4ncn(C)c4c3)c[nH]c2n1. The standard InChI is InChI=1S/C16H14N4O/c1-20-9-18-13-5-3-10(7-14(13)20)12-8-17-16-11(12)4-6-15(19-16)21-2/h3-9H,1-2H3,(H,17,19). The Morgan fingerprint density at radius 2 is 2.10 bits per heavy atom. The van der Waals surface area contributed by atoms with Gasteiger partial charge in [0.25, 0.3) is 0 Å². The fraction of sp³-hybridized carbons (Fsp3) is 0.125. The Kier molecular flexibility index (Phi) is 2.47. The summed E-state index contributed by atoms with van der Waals surface area (Å²) < 4.78 is 7.18. The summed E-state index contributed by atoms with van der Waals surface area (Å²) in [5, 5.41) is 1.08. The maximum absolute atomic E-state index is 5.16. The molecule has 0 saturated heterocycles. The summed E-state index contributed by atoms with van der Waals surface area (Å²) in [5.74, 6) is 0.609. The zero-order valence-electron chi connectivity index (χ0n) is 11.8. The highest BCUT2D eigenvalue weighted by atomic mass is 16.5. The molecule has 0 aliphatic carbocycles. The highest BCUT2D eigenvalue weighted by molar-refractivity contribution is 5.96. The minimum Gasteiger partial charge on any atom is -0.481 e. The van der Waals surface area contributed by atoms with Gasteiger partial charge in [-0.25, -0.2) is 4.98 Å². The largest absolute Gasteiger partial charge is 0.481 e. The normalized spacial score (nSPS) is 11.3. The predicted octanol–water partition coefficient (Wildman–Crippen LogP) is 3.13. The molecule has 1 aromatic carbocycles. The van der Waals surface area contributed by atoms with Crippen LogP contribution in [0.25, 0.3) is 33.2 Å². The number of hydrogen-bond donors (Lipinski definition) is 1. The molecule has 0 aliphatic rings. The van der Waals surface area contributed by atoms with Crippen molar-refractivity contribution in [1.82, 2.24) is 19.5 Å². The van der Waals surface area contributed by atoms with E-state index in [0.29, 0.717) is 5.88 Å². The second kappa shape index (κ2) is 4.34. The van der Waals surface area contributed by atoms with Gasteiger partial charge in [-0.2, -0.15) is 4.98 Å². The molecule has 1 N–H and O–H groups in total. The number of methoxy groups -OCH3 is 1. The fourth-order valence-corrected chi connectivity index (χ4v) is 2.63. The number of rotatable bonds is 2. The van der Waals surface area contributed by atoms with Gasteiger partial charge >= 0.3 is 0 Å². The van der Waals surface area contributed by atoms with Gasteiger partial charge in [0.05, 0.1) is 24.5 Å². The third-order valence-corrected chi connectivity index (χ3v) is 3.76. The van der Waals surface area contributed by atoms with E-state index in [-0.39, 0.29) is 0 Å². The molecule has 104 valence electrons. The molecule has 0 bridgehead atoms. The van der Waals surface area contributed by atoms with Crippen LogP contribution in [0.4, 0.5) is 0 Å². The van der Waals surface area contributed by atoms with Crippen molar-refractivity contribution in [3.63, 3.8) is 0 Å². The molecule has 0 aliphatic heterocycles. The van der Waals surface area contributed by atoms with Crippen molar-refractivity contribution in [3.05, 3.63) is 42.9 Å². The summed E-state index contributed by atoms with van der Waals surface area (Å²) >= 11 is 0. The van der Waals surface area contributed by atoms with Crippen molar-refractivity contribution in [3.8, 4) is 17.0 Å². The maximum atomic E-state index is 5.16. The summed E-state index contributed by atoms with van der Waals surface area (Å²) in [4.78, 5) is 12.0. The first-order valence-corrected chi connectivity index (χ1v) is 6.70. The molecule has 0 spiro atoms. The third-order valence-electron chi connectivity index (χ3n) is 3.76. The molecule has 0 fully saturated rings. The molecular formula is C16H14N4O. The monoisotopic (exact) mass is 278 g/mol. The number of fused-ring (bicyclic) bond motifs is 2. The van der Waals surface area contributed by atoms with Crippen molar-refractivity contribution in [2.45, 2.75) is 0 Å². The minimum atomic E-state index is 0.609. The molecule has 3 heterocycles. The molecule has 0 unspecified atom stereocenters. The van der Waals surface area contributed by atoms with Crippen LogP contribution in [-0.2, 0) is 7.05 Å². The molecule has 0 radical (unpaired) electrons. The third kappa shape index (κ3) is 1.78. The molecule has 21 heavy (non-hydrogen) atoms. The van der Waals surface area contributed by atoms with Gasteiger partial charge < -0.3 is 14.3 Å². The van der Waals surface area contributed by atoms with Crippen LogP contribution in [0.2, 0.25) is 0 Å².